The maximum atomic E-state index is 12.3. The number of hydrogen-bond acceptors (Lipinski definition) is 3. The molecule has 0 saturated carbocycles. The number of para-hydroxylation sites is 2. The van der Waals surface area contributed by atoms with Crippen molar-refractivity contribution >= 4 is 45.1 Å². The lowest BCUT2D eigenvalue weighted by Gasteiger charge is -2.15. The SMILES string of the molecule is CN(C)C(=O)Nc1ccccc1NS(=O)(=O)/C=C/c1ccc(Cl)cc1. The van der Waals surface area contributed by atoms with Gasteiger partial charge >= 0.3 is 6.03 Å². The Balaban J connectivity index is 2.17. The van der Waals surface area contributed by atoms with Crippen LogP contribution in [0.1, 0.15) is 5.56 Å². The zero-order chi connectivity index (χ0) is 18.4. The third kappa shape index (κ3) is 5.81. The number of benzene rings is 2. The lowest BCUT2D eigenvalue weighted by Crippen LogP contribution is -2.27. The molecule has 0 aliphatic carbocycles. The number of sulfonamides is 1. The average Bonchev–Trinajstić information content (AvgIpc) is 2.56. The molecule has 0 aromatic heterocycles. The van der Waals surface area contributed by atoms with Crippen molar-refractivity contribution in [3.8, 4) is 0 Å². The van der Waals surface area contributed by atoms with E-state index in [1.165, 1.54) is 11.0 Å². The van der Waals surface area contributed by atoms with E-state index >= 15 is 0 Å². The minimum Gasteiger partial charge on any atom is -0.331 e. The van der Waals surface area contributed by atoms with E-state index < -0.39 is 10.0 Å². The summed E-state index contributed by atoms with van der Waals surface area (Å²) in [5.41, 5.74) is 1.34. The van der Waals surface area contributed by atoms with Crippen molar-refractivity contribution in [2.75, 3.05) is 24.1 Å². The molecule has 2 rings (SSSR count). The van der Waals surface area contributed by atoms with Crippen LogP contribution in [0.3, 0.4) is 0 Å². The normalized spacial score (nSPS) is 11.3. The first-order chi connectivity index (χ1) is 11.8. The quantitative estimate of drug-likeness (QED) is 0.828. The molecule has 0 fully saturated rings. The van der Waals surface area contributed by atoms with Crippen LogP contribution in [-0.4, -0.2) is 33.4 Å². The van der Waals surface area contributed by atoms with Crippen LogP contribution < -0.4 is 10.0 Å². The van der Waals surface area contributed by atoms with Crippen molar-refractivity contribution in [3.05, 3.63) is 64.5 Å². The molecule has 0 saturated heterocycles. The van der Waals surface area contributed by atoms with Gasteiger partial charge in [0.1, 0.15) is 0 Å². The van der Waals surface area contributed by atoms with Crippen molar-refractivity contribution in [2.45, 2.75) is 0 Å². The second-order valence-electron chi connectivity index (χ2n) is 5.37. The first-order valence-corrected chi connectivity index (χ1v) is 9.23. The van der Waals surface area contributed by atoms with E-state index in [-0.39, 0.29) is 11.7 Å². The van der Waals surface area contributed by atoms with Crippen molar-refractivity contribution < 1.29 is 13.2 Å². The summed E-state index contributed by atoms with van der Waals surface area (Å²) < 4.78 is 27.0. The first kappa shape index (κ1) is 18.8. The number of urea groups is 1. The molecule has 2 amide bonds. The zero-order valence-corrected chi connectivity index (χ0v) is 15.3. The lowest BCUT2D eigenvalue weighted by molar-refractivity contribution is 0.230. The highest BCUT2D eigenvalue weighted by atomic mass is 35.5. The van der Waals surface area contributed by atoms with E-state index in [0.717, 1.165) is 5.41 Å². The first-order valence-electron chi connectivity index (χ1n) is 7.31. The molecular weight excluding hydrogens is 362 g/mol. The Bertz CT molecular complexity index is 878. The van der Waals surface area contributed by atoms with E-state index in [4.69, 9.17) is 11.6 Å². The number of nitrogens with one attached hydrogen (secondary N) is 2. The highest BCUT2D eigenvalue weighted by Crippen LogP contribution is 2.23. The van der Waals surface area contributed by atoms with Gasteiger partial charge in [0.2, 0.25) is 0 Å². The maximum Gasteiger partial charge on any atom is 0.321 e. The summed E-state index contributed by atoms with van der Waals surface area (Å²) >= 11 is 5.80. The molecular formula is C17H18ClN3O3S. The van der Waals surface area contributed by atoms with Crippen LogP contribution in [0.15, 0.2) is 53.9 Å². The van der Waals surface area contributed by atoms with Gasteiger partial charge in [0.05, 0.1) is 16.8 Å². The lowest BCUT2D eigenvalue weighted by atomic mass is 10.2. The molecule has 2 aromatic carbocycles. The number of carbonyl (C=O) groups is 1. The Morgan fingerprint density at radius 3 is 2.24 bits per heavy atom. The number of anilines is 2. The molecule has 132 valence electrons. The zero-order valence-electron chi connectivity index (χ0n) is 13.7. The van der Waals surface area contributed by atoms with Gasteiger partial charge < -0.3 is 10.2 Å². The topological polar surface area (TPSA) is 78.5 Å². The van der Waals surface area contributed by atoms with Crippen LogP contribution in [0.2, 0.25) is 5.02 Å². The van der Waals surface area contributed by atoms with Crippen LogP contribution in [0, 0.1) is 0 Å². The van der Waals surface area contributed by atoms with Crippen LogP contribution in [0.4, 0.5) is 16.2 Å². The Hall–Kier alpha value is -2.51. The maximum absolute atomic E-state index is 12.3. The van der Waals surface area contributed by atoms with Gasteiger partial charge in [-0.3, -0.25) is 4.72 Å². The van der Waals surface area contributed by atoms with Gasteiger partial charge in [-0.1, -0.05) is 35.9 Å². The molecule has 2 aromatic rings. The molecule has 0 heterocycles. The Labute approximate surface area is 152 Å². The monoisotopic (exact) mass is 379 g/mol. The molecule has 8 heteroatoms. The minimum absolute atomic E-state index is 0.276. The third-order valence-electron chi connectivity index (χ3n) is 3.14. The van der Waals surface area contributed by atoms with E-state index in [9.17, 15) is 13.2 Å². The van der Waals surface area contributed by atoms with Gasteiger partial charge in [-0.25, -0.2) is 13.2 Å². The van der Waals surface area contributed by atoms with Gasteiger partial charge in [-0.15, -0.1) is 0 Å². The van der Waals surface area contributed by atoms with Crippen molar-refractivity contribution in [1.82, 2.24) is 4.90 Å². The second kappa shape index (κ2) is 8.04. The molecule has 0 aliphatic rings. The number of nitrogens with zero attached hydrogens (tertiary/aromatic N) is 1. The van der Waals surface area contributed by atoms with Crippen LogP contribution >= 0.6 is 11.6 Å². The smallest absolute Gasteiger partial charge is 0.321 e. The molecule has 6 nitrogen and oxygen atoms in total. The summed E-state index contributed by atoms with van der Waals surface area (Å²) in [5, 5.41) is 4.26. The Morgan fingerprint density at radius 2 is 1.64 bits per heavy atom. The predicted octanol–water partition coefficient (Wildman–Crippen LogP) is 3.85. The largest absolute Gasteiger partial charge is 0.331 e. The van der Waals surface area contributed by atoms with E-state index in [0.29, 0.717) is 16.3 Å². The van der Waals surface area contributed by atoms with E-state index in [2.05, 4.69) is 10.0 Å². The van der Waals surface area contributed by atoms with Crippen LogP contribution in [0.5, 0.6) is 0 Å². The molecule has 2 N–H and O–H groups in total. The van der Waals surface area contributed by atoms with Crippen LogP contribution in [0.25, 0.3) is 6.08 Å². The minimum atomic E-state index is -3.75. The van der Waals surface area contributed by atoms with Gasteiger partial charge in [-0.2, -0.15) is 0 Å². The standard InChI is InChI=1S/C17H18ClN3O3S/c1-21(2)17(22)19-15-5-3-4-6-16(15)20-25(23,24)12-11-13-7-9-14(18)10-8-13/h3-12,20H,1-2H3,(H,19,22)/b12-11+. The summed E-state index contributed by atoms with van der Waals surface area (Å²) in [5.74, 6) is 0. The van der Waals surface area contributed by atoms with Crippen molar-refractivity contribution in [2.24, 2.45) is 0 Å². The average molecular weight is 380 g/mol. The van der Waals surface area contributed by atoms with E-state index in [1.807, 2.05) is 0 Å². The third-order valence-corrected chi connectivity index (χ3v) is 4.39. The predicted molar refractivity (Wildman–Crippen MR) is 102 cm³/mol. The molecule has 0 atom stereocenters. The van der Waals surface area contributed by atoms with Gasteiger partial charge in [0.15, 0.2) is 0 Å². The summed E-state index contributed by atoms with van der Waals surface area (Å²) in [6, 6.07) is 13.0. The number of amides is 2. The number of halogens is 1. The summed E-state index contributed by atoms with van der Waals surface area (Å²) in [6.07, 6.45) is 1.46. The molecule has 0 unspecified atom stereocenters. The summed E-state index contributed by atoms with van der Waals surface area (Å²) in [4.78, 5) is 13.1. The fraction of sp³-hybridized carbons (Fsp3) is 0.118. The molecule has 0 bridgehead atoms. The fourth-order valence-corrected chi connectivity index (χ4v) is 2.85. The highest BCUT2D eigenvalue weighted by molar-refractivity contribution is 7.95. The van der Waals surface area contributed by atoms with E-state index in [1.54, 1.807) is 62.6 Å². The van der Waals surface area contributed by atoms with Crippen molar-refractivity contribution in [1.29, 1.82) is 0 Å². The summed E-state index contributed by atoms with van der Waals surface area (Å²) in [6.45, 7) is 0. The van der Waals surface area contributed by atoms with Crippen molar-refractivity contribution in [3.63, 3.8) is 0 Å². The number of carbonyl (C=O) groups excluding carboxylic acids is 1. The second-order valence-corrected chi connectivity index (χ2v) is 7.37. The number of rotatable bonds is 5. The van der Waals surface area contributed by atoms with Gasteiger partial charge in [0.25, 0.3) is 10.0 Å². The Morgan fingerprint density at radius 1 is 1.04 bits per heavy atom. The molecule has 0 radical (unpaired) electrons. The van der Waals surface area contributed by atoms with Crippen LogP contribution in [-0.2, 0) is 10.0 Å². The summed E-state index contributed by atoms with van der Waals surface area (Å²) in [7, 11) is -0.562. The van der Waals surface area contributed by atoms with Gasteiger partial charge in [0, 0.05) is 19.1 Å². The highest BCUT2D eigenvalue weighted by Gasteiger charge is 2.12. The fourth-order valence-electron chi connectivity index (χ4n) is 1.84. The Kier molecular flexibility index (Phi) is 6.06. The molecule has 0 aliphatic heterocycles. The number of hydrogen-bond donors (Lipinski definition) is 2. The van der Waals surface area contributed by atoms with Gasteiger partial charge in [-0.05, 0) is 35.9 Å². The molecule has 25 heavy (non-hydrogen) atoms. The molecule has 0 spiro atoms.